The van der Waals surface area contributed by atoms with Gasteiger partial charge < -0.3 is 9.84 Å². The monoisotopic (exact) mass is 212 g/mol. The van der Waals surface area contributed by atoms with Crippen LogP contribution in [0.5, 0.6) is 0 Å². The van der Waals surface area contributed by atoms with E-state index in [4.69, 9.17) is 4.74 Å². The molecule has 0 aromatic carbocycles. The Hall–Kier alpha value is -0.380. The molecular weight excluding hydrogens is 196 g/mol. The van der Waals surface area contributed by atoms with Gasteiger partial charge in [0, 0.05) is 5.92 Å². The Morgan fingerprint density at radius 3 is 3.14 bits per heavy atom. The molecule has 1 aliphatic rings. The Labute approximate surface area is 88.5 Å². The molecule has 0 bridgehead atoms. The molecular formula is C11H16O2S. The number of aliphatic hydroxyl groups excluding tert-OH is 1. The fourth-order valence-corrected chi connectivity index (χ4v) is 2.62. The maximum absolute atomic E-state index is 9.96. The molecule has 1 saturated heterocycles. The zero-order chi connectivity index (χ0) is 9.97. The van der Waals surface area contributed by atoms with Crippen LogP contribution in [0.4, 0.5) is 0 Å². The molecule has 0 saturated carbocycles. The Kier molecular flexibility index (Phi) is 3.21. The molecule has 1 fully saturated rings. The molecule has 3 atom stereocenters. The minimum Gasteiger partial charge on any atom is -0.392 e. The number of hydrogen-bond acceptors (Lipinski definition) is 3. The highest BCUT2D eigenvalue weighted by atomic mass is 32.1. The second-order valence-electron chi connectivity index (χ2n) is 4.04. The van der Waals surface area contributed by atoms with Crippen LogP contribution in [0.15, 0.2) is 16.8 Å². The molecule has 0 aliphatic carbocycles. The Morgan fingerprint density at radius 1 is 1.71 bits per heavy atom. The molecule has 1 aliphatic heterocycles. The summed E-state index contributed by atoms with van der Waals surface area (Å²) < 4.78 is 5.45. The van der Waals surface area contributed by atoms with Crippen LogP contribution < -0.4 is 0 Å². The highest BCUT2D eigenvalue weighted by Gasteiger charge is 2.28. The highest BCUT2D eigenvalue weighted by molar-refractivity contribution is 7.07. The van der Waals surface area contributed by atoms with Crippen molar-refractivity contribution in [3.05, 3.63) is 22.4 Å². The second kappa shape index (κ2) is 4.43. The van der Waals surface area contributed by atoms with Crippen molar-refractivity contribution < 1.29 is 9.84 Å². The molecule has 3 heteroatoms. The molecule has 1 aromatic rings. The van der Waals surface area contributed by atoms with E-state index >= 15 is 0 Å². The van der Waals surface area contributed by atoms with E-state index in [0.717, 1.165) is 12.8 Å². The predicted octanol–water partition coefficient (Wildman–Crippen LogP) is 2.08. The van der Waals surface area contributed by atoms with E-state index in [1.165, 1.54) is 5.56 Å². The van der Waals surface area contributed by atoms with Gasteiger partial charge in [-0.15, -0.1) is 0 Å². The van der Waals surface area contributed by atoms with E-state index in [0.29, 0.717) is 18.6 Å². The molecule has 0 spiro atoms. The van der Waals surface area contributed by atoms with Crippen LogP contribution in [0.1, 0.15) is 18.9 Å². The van der Waals surface area contributed by atoms with E-state index in [9.17, 15) is 5.11 Å². The summed E-state index contributed by atoms with van der Waals surface area (Å²) in [6, 6.07) is 2.08. The lowest BCUT2D eigenvalue weighted by atomic mass is 9.95. The quantitative estimate of drug-likeness (QED) is 0.831. The average Bonchev–Trinajstić information content (AvgIpc) is 2.75. The lowest BCUT2D eigenvalue weighted by Gasteiger charge is -2.15. The van der Waals surface area contributed by atoms with Crippen molar-refractivity contribution in [3.63, 3.8) is 0 Å². The third kappa shape index (κ3) is 2.35. The van der Waals surface area contributed by atoms with Gasteiger partial charge in [0.05, 0.1) is 18.8 Å². The zero-order valence-electron chi connectivity index (χ0n) is 8.35. The van der Waals surface area contributed by atoms with Crippen LogP contribution in [-0.2, 0) is 11.2 Å². The minimum atomic E-state index is -0.241. The van der Waals surface area contributed by atoms with Crippen molar-refractivity contribution in [2.24, 2.45) is 5.92 Å². The van der Waals surface area contributed by atoms with Crippen LogP contribution >= 0.6 is 11.3 Å². The number of aliphatic hydroxyl groups is 1. The third-order valence-corrected chi connectivity index (χ3v) is 3.53. The fraction of sp³-hybridized carbons (Fsp3) is 0.636. The summed E-state index contributed by atoms with van der Waals surface area (Å²) in [4.78, 5) is 0. The van der Waals surface area contributed by atoms with Crippen LogP contribution in [-0.4, -0.2) is 23.9 Å². The molecule has 1 aromatic heterocycles. The molecule has 14 heavy (non-hydrogen) atoms. The highest BCUT2D eigenvalue weighted by Crippen LogP contribution is 2.24. The first-order valence-electron chi connectivity index (χ1n) is 5.06. The molecule has 3 unspecified atom stereocenters. The lowest BCUT2D eigenvalue weighted by Crippen LogP contribution is -2.22. The van der Waals surface area contributed by atoms with Gasteiger partial charge in [-0.05, 0) is 42.2 Å². The Morgan fingerprint density at radius 2 is 2.57 bits per heavy atom. The van der Waals surface area contributed by atoms with Crippen molar-refractivity contribution in [2.75, 3.05) is 6.61 Å². The average molecular weight is 212 g/mol. The number of thiophene rings is 1. The van der Waals surface area contributed by atoms with Gasteiger partial charge in [-0.1, -0.05) is 0 Å². The van der Waals surface area contributed by atoms with Gasteiger partial charge >= 0.3 is 0 Å². The number of ether oxygens (including phenoxy) is 1. The van der Waals surface area contributed by atoms with E-state index in [1.807, 2.05) is 0 Å². The normalized spacial score (nSPS) is 29.3. The maximum atomic E-state index is 9.96. The summed E-state index contributed by atoms with van der Waals surface area (Å²) in [5, 5.41) is 14.1. The van der Waals surface area contributed by atoms with E-state index in [1.54, 1.807) is 11.3 Å². The second-order valence-corrected chi connectivity index (χ2v) is 4.82. The first-order chi connectivity index (χ1) is 6.75. The Bertz CT molecular complexity index is 271. The third-order valence-electron chi connectivity index (χ3n) is 2.80. The zero-order valence-corrected chi connectivity index (χ0v) is 9.17. The van der Waals surface area contributed by atoms with Crippen molar-refractivity contribution in [1.29, 1.82) is 0 Å². The van der Waals surface area contributed by atoms with Gasteiger partial charge in [-0.2, -0.15) is 11.3 Å². The summed E-state index contributed by atoms with van der Waals surface area (Å²) >= 11 is 1.68. The first kappa shape index (κ1) is 10.1. The molecule has 0 radical (unpaired) electrons. The van der Waals surface area contributed by atoms with E-state index in [-0.39, 0.29) is 6.10 Å². The van der Waals surface area contributed by atoms with Crippen molar-refractivity contribution in [3.8, 4) is 0 Å². The summed E-state index contributed by atoms with van der Waals surface area (Å²) in [5.74, 6) is 0.324. The molecule has 2 nitrogen and oxygen atoms in total. The fourth-order valence-electron chi connectivity index (χ4n) is 1.94. The van der Waals surface area contributed by atoms with Crippen LogP contribution in [0.2, 0.25) is 0 Å². The number of rotatable bonds is 3. The van der Waals surface area contributed by atoms with Crippen molar-refractivity contribution in [2.45, 2.75) is 32.0 Å². The van der Waals surface area contributed by atoms with Gasteiger partial charge in [0.2, 0.25) is 0 Å². The molecule has 2 heterocycles. The first-order valence-corrected chi connectivity index (χ1v) is 6.00. The SMILES string of the molecule is CC1CC(C(O)Cc2ccsc2)CO1. The molecule has 2 rings (SSSR count). The lowest BCUT2D eigenvalue weighted by molar-refractivity contribution is 0.0807. The molecule has 0 amide bonds. The Balaban J connectivity index is 1.87. The summed E-state index contributed by atoms with van der Waals surface area (Å²) in [7, 11) is 0. The number of hydrogen-bond donors (Lipinski definition) is 1. The van der Waals surface area contributed by atoms with Crippen LogP contribution in [0.25, 0.3) is 0 Å². The van der Waals surface area contributed by atoms with Gasteiger partial charge in [-0.3, -0.25) is 0 Å². The summed E-state index contributed by atoms with van der Waals surface area (Å²) in [6.45, 7) is 2.78. The van der Waals surface area contributed by atoms with Gasteiger partial charge in [0.25, 0.3) is 0 Å². The van der Waals surface area contributed by atoms with Crippen molar-refractivity contribution >= 4 is 11.3 Å². The van der Waals surface area contributed by atoms with Crippen molar-refractivity contribution in [1.82, 2.24) is 0 Å². The summed E-state index contributed by atoms with van der Waals surface area (Å²) in [6.07, 6.45) is 1.84. The maximum Gasteiger partial charge on any atom is 0.0631 e. The molecule has 1 N–H and O–H groups in total. The van der Waals surface area contributed by atoms with Crippen LogP contribution in [0, 0.1) is 5.92 Å². The van der Waals surface area contributed by atoms with E-state index in [2.05, 4.69) is 23.8 Å². The van der Waals surface area contributed by atoms with E-state index < -0.39 is 0 Å². The summed E-state index contributed by atoms with van der Waals surface area (Å²) in [5.41, 5.74) is 1.24. The van der Waals surface area contributed by atoms with Gasteiger partial charge in [0.15, 0.2) is 0 Å². The largest absolute Gasteiger partial charge is 0.392 e. The van der Waals surface area contributed by atoms with Crippen LogP contribution in [0.3, 0.4) is 0 Å². The molecule has 78 valence electrons. The standard InChI is InChI=1S/C11H16O2S/c1-8-4-10(6-13-8)11(12)5-9-2-3-14-7-9/h2-3,7-8,10-12H,4-6H2,1H3. The topological polar surface area (TPSA) is 29.5 Å². The van der Waals surface area contributed by atoms with Gasteiger partial charge in [0.1, 0.15) is 0 Å². The smallest absolute Gasteiger partial charge is 0.0631 e. The minimum absolute atomic E-state index is 0.241. The van der Waals surface area contributed by atoms with Gasteiger partial charge in [-0.25, -0.2) is 0 Å². The predicted molar refractivity (Wildman–Crippen MR) is 57.6 cm³/mol.